The fraction of sp³-hybridized carbons (Fsp3) is 0.120. The van der Waals surface area contributed by atoms with E-state index in [1.807, 2.05) is 54.6 Å². The zero-order chi connectivity index (χ0) is 24.2. The van der Waals surface area contributed by atoms with Crippen LogP contribution in [0.5, 0.6) is 11.5 Å². The van der Waals surface area contributed by atoms with E-state index in [0.29, 0.717) is 28.0 Å². The van der Waals surface area contributed by atoms with Crippen LogP contribution in [-0.4, -0.2) is 23.2 Å². The number of thioether (sulfide) groups is 1. The molecule has 1 saturated heterocycles. The van der Waals surface area contributed by atoms with Crippen molar-refractivity contribution in [1.29, 1.82) is 0 Å². The summed E-state index contributed by atoms with van der Waals surface area (Å²) >= 11 is 11.6. The Balaban J connectivity index is 1.53. The van der Waals surface area contributed by atoms with E-state index in [2.05, 4.69) is 45.2 Å². The molecule has 5 nitrogen and oxygen atoms in total. The Bertz CT molecular complexity index is 1280. The van der Waals surface area contributed by atoms with E-state index >= 15 is 0 Å². The van der Waals surface area contributed by atoms with Gasteiger partial charge >= 0.3 is 0 Å². The second-order valence-corrected chi connectivity index (χ2v) is 11.1. The van der Waals surface area contributed by atoms with Gasteiger partial charge in [-0.2, -0.15) is 0 Å². The van der Waals surface area contributed by atoms with Crippen LogP contribution in [0.1, 0.15) is 16.7 Å². The van der Waals surface area contributed by atoms with Gasteiger partial charge in [0.05, 0.1) is 22.1 Å². The maximum Gasteiger partial charge on any atom is 0.293 e. The highest BCUT2D eigenvalue weighted by molar-refractivity contribution is 14.1. The van der Waals surface area contributed by atoms with Crippen LogP contribution in [0, 0.1) is 7.14 Å². The number of imide groups is 1. The fourth-order valence-corrected chi connectivity index (χ4v) is 5.46. The van der Waals surface area contributed by atoms with Crippen LogP contribution in [0.3, 0.4) is 0 Å². The van der Waals surface area contributed by atoms with Crippen LogP contribution in [0.2, 0.25) is 5.02 Å². The van der Waals surface area contributed by atoms with Crippen LogP contribution in [0.15, 0.2) is 65.6 Å². The second kappa shape index (κ2) is 11.3. The number of hydrogen-bond donors (Lipinski definition) is 0. The summed E-state index contributed by atoms with van der Waals surface area (Å²) in [7, 11) is 1.56. The predicted octanol–water partition coefficient (Wildman–Crippen LogP) is 7.37. The molecule has 3 aromatic rings. The molecule has 34 heavy (non-hydrogen) atoms. The van der Waals surface area contributed by atoms with Crippen molar-refractivity contribution in [3.05, 3.63) is 94.4 Å². The zero-order valence-electron chi connectivity index (χ0n) is 17.9. The van der Waals surface area contributed by atoms with Crippen molar-refractivity contribution in [2.75, 3.05) is 7.11 Å². The number of carbonyl (C=O) groups is 2. The van der Waals surface area contributed by atoms with Crippen molar-refractivity contribution in [2.45, 2.75) is 13.2 Å². The van der Waals surface area contributed by atoms with E-state index in [1.165, 1.54) is 4.90 Å². The first-order valence-electron chi connectivity index (χ1n) is 10.1. The minimum Gasteiger partial charge on any atom is -0.493 e. The van der Waals surface area contributed by atoms with Crippen molar-refractivity contribution < 1.29 is 19.1 Å². The Labute approximate surface area is 234 Å². The van der Waals surface area contributed by atoms with Crippen LogP contribution in [0.4, 0.5) is 4.79 Å². The lowest BCUT2D eigenvalue weighted by atomic mass is 10.1. The van der Waals surface area contributed by atoms with Gasteiger partial charge < -0.3 is 9.47 Å². The van der Waals surface area contributed by atoms with Crippen molar-refractivity contribution in [3.8, 4) is 11.5 Å². The molecule has 3 aromatic carbocycles. The first kappa shape index (κ1) is 25.3. The molecule has 1 heterocycles. The van der Waals surface area contributed by atoms with E-state index in [0.717, 1.165) is 35.6 Å². The summed E-state index contributed by atoms with van der Waals surface area (Å²) in [6, 6.07) is 18.9. The van der Waals surface area contributed by atoms with Crippen molar-refractivity contribution in [2.24, 2.45) is 0 Å². The lowest BCUT2D eigenvalue weighted by Crippen LogP contribution is -2.27. The summed E-state index contributed by atoms with van der Waals surface area (Å²) in [5.41, 5.74) is 2.51. The van der Waals surface area contributed by atoms with Gasteiger partial charge in [0.15, 0.2) is 11.5 Å². The molecule has 1 aliphatic heterocycles. The lowest BCUT2D eigenvalue weighted by molar-refractivity contribution is -0.123. The van der Waals surface area contributed by atoms with Gasteiger partial charge in [-0.25, -0.2) is 0 Å². The molecule has 174 valence electrons. The number of amides is 2. The summed E-state index contributed by atoms with van der Waals surface area (Å²) in [6.45, 7) is 0.539. The van der Waals surface area contributed by atoms with Crippen LogP contribution in [0.25, 0.3) is 6.08 Å². The van der Waals surface area contributed by atoms with Crippen molar-refractivity contribution in [1.82, 2.24) is 4.90 Å². The topological polar surface area (TPSA) is 55.8 Å². The molecule has 0 aliphatic carbocycles. The average Bonchev–Trinajstić information content (AvgIpc) is 3.07. The molecule has 0 unspecified atom stereocenters. The van der Waals surface area contributed by atoms with E-state index in [9.17, 15) is 9.59 Å². The number of ether oxygens (including phenoxy) is 2. The van der Waals surface area contributed by atoms with E-state index in [-0.39, 0.29) is 17.7 Å². The van der Waals surface area contributed by atoms with Crippen molar-refractivity contribution >= 4 is 85.8 Å². The first-order chi connectivity index (χ1) is 16.4. The van der Waals surface area contributed by atoms with E-state index in [1.54, 1.807) is 19.3 Å². The third-order valence-corrected chi connectivity index (χ3v) is 7.80. The van der Waals surface area contributed by atoms with Gasteiger partial charge in [-0.15, -0.1) is 0 Å². The van der Waals surface area contributed by atoms with Gasteiger partial charge in [0.2, 0.25) is 0 Å². The van der Waals surface area contributed by atoms with E-state index in [4.69, 9.17) is 21.1 Å². The molecule has 0 N–H and O–H groups in total. The van der Waals surface area contributed by atoms with Gasteiger partial charge in [-0.1, -0.05) is 41.9 Å². The number of halogens is 3. The smallest absolute Gasteiger partial charge is 0.293 e. The van der Waals surface area contributed by atoms with Gasteiger partial charge in [0.1, 0.15) is 6.61 Å². The van der Waals surface area contributed by atoms with Crippen LogP contribution < -0.4 is 9.47 Å². The number of methoxy groups -OCH3 is 1. The molecule has 0 atom stereocenters. The minimum atomic E-state index is -0.304. The maximum atomic E-state index is 12.9. The first-order valence-corrected chi connectivity index (χ1v) is 13.4. The highest BCUT2D eigenvalue weighted by Crippen LogP contribution is 2.38. The normalized spacial score (nSPS) is 14.7. The van der Waals surface area contributed by atoms with Crippen molar-refractivity contribution in [3.63, 3.8) is 0 Å². The fourth-order valence-electron chi connectivity index (χ4n) is 3.29. The average molecular weight is 718 g/mol. The van der Waals surface area contributed by atoms with Crippen LogP contribution >= 0.6 is 68.5 Å². The standard InChI is InChI=1S/C25H18ClI2NO4S/c1-32-21-11-16(10-20(28)23(21)33-14-17-4-2-3-5-19(17)26)12-22-24(30)29(25(31)34-22)13-15-6-8-18(27)9-7-15/h2-12H,13-14H2,1H3/b22-12-. The third kappa shape index (κ3) is 5.89. The minimum absolute atomic E-state index is 0.245. The molecule has 0 spiro atoms. The van der Waals surface area contributed by atoms with E-state index < -0.39 is 0 Å². The number of carbonyl (C=O) groups excluding carboxylic acids is 2. The number of nitrogens with zero attached hydrogens (tertiary/aromatic N) is 1. The highest BCUT2D eigenvalue weighted by atomic mass is 127. The quantitative estimate of drug-likeness (QED) is 0.189. The number of rotatable bonds is 7. The Morgan fingerprint density at radius 1 is 1.06 bits per heavy atom. The lowest BCUT2D eigenvalue weighted by Gasteiger charge is -2.14. The molecule has 2 amide bonds. The summed E-state index contributed by atoms with van der Waals surface area (Å²) in [4.78, 5) is 27.1. The second-order valence-electron chi connectivity index (χ2n) is 7.31. The Morgan fingerprint density at radius 2 is 1.79 bits per heavy atom. The number of hydrogen-bond acceptors (Lipinski definition) is 5. The Hall–Kier alpha value is -1.76. The molecule has 1 fully saturated rings. The summed E-state index contributed by atoms with van der Waals surface area (Å²) < 4.78 is 13.5. The monoisotopic (exact) mass is 717 g/mol. The molecule has 1 aliphatic rings. The SMILES string of the molecule is COc1cc(/C=C2\SC(=O)N(Cc3ccc(I)cc3)C2=O)cc(I)c1OCc1ccccc1Cl. The molecule has 0 radical (unpaired) electrons. The molecule has 0 bridgehead atoms. The summed E-state index contributed by atoms with van der Waals surface area (Å²) in [5.74, 6) is 0.817. The largest absolute Gasteiger partial charge is 0.493 e. The molecular formula is C25H18ClI2NO4S. The highest BCUT2D eigenvalue weighted by Gasteiger charge is 2.35. The maximum absolute atomic E-state index is 12.9. The van der Waals surface area contributed by atoms with Gasteiger partial charge in [-0.05, 0) is 104 Å². The zero-order valence-corrected chi connectivity index (χ0v) is 23.8. The molecule has 0 aromatic heterocycles. The van der Waals surface area contributed by atoms with Gasteiger partial charge in [0.25, 0.3) is 11.1 Å². The predicted molar refractivity (Wildman–Crippen MR) is 152 cm³/mol. The summed E-state index contributed by atoms with van der Waals surface area (Å²) in [5, 5.41) is 0.352. The molecule has 4 rings (SSSR count). The molecular weight excluding hydrogens is 700 g/mol. The van der Waals surface area contributed by atoms with Gasteiger partial charge in [0, 0.05) is 14.2 Å². The summed E-state index contributed by atoms with van der Waals surface area (Å²) in [6.07, 6.45) is 1.71. The molecule has 0 saturated carbocycles. The Morgan fingerprint density at radius 3 is 2.50 bits per heavy atom. The van der Waals surface area contributed by atoms with Gasteiger partial charge in [-0.3, -0.25) is 14.5 Å². The molecule has 9 heteroatoms. The third-order valence-electron chi connectivity index (χ3n) is 5.01. The number of benzene rings is 3. The van der Waals surface area contributed by atoms with Crippen LogP contribution in [-0.2, 0) is 17.9 Å². The Kier molecular flexibility index (Phi) is 8.43.